The summed E-state index contributed by atoms with van der Waals surface area (Å²) in [5, 5.41) is 8.58. The minimum absolute atomic E-state index is 0.0428. The predicted octanol–water partition coefficient (Wildman–Crippen LogP) is 1.65. The Labute approximate surface area is 124 Å². The van der Waals surface area contributed by atoms with Crippen molar-refractivity contribution >= 4 is 22.1 Å². The standard InChI is InChI=1S/C14H18N2O4S/c1-10(12-3-2-4-12)16-21(19,20)13-7-11(8-15-9-13)5-6-14(17)18/h5-10,12,16H,2-4H2,1H3,(H,17,18)/b6-5+. The van der Waals surface area contributed by atoms with Crippen LogP contribution in [-0.4, -0.2) is 30.5 Å². The van der Waals surface area contributed by atoms with Crippen LogP contribution in [0.3, 0.4) is 0 Å². The number of aromatic nitrogens is 1. The Kier molecular flexibility index (Phi) is 4.74. The van der Waals surface area contributed by atoms with Gasteiger partial charge in [-0.25, -0.2) is 17.9 Å². The molecule has 0 aliphatic heterocycles. The van der Waals surface area contributed by atoms with Gasteiger partial charge in [0.05, 0.1) is 0 Å². The zero-order valence-corrected chi connectivity index (χ0v) is 12.5. The highest BCUT2D eigenvalue weighted by Gasteiger charge is 2.28. The van der Waals surface area contributed by atoms with Crippen molar-refractivity contribution in [1.82, 2.24) is 9.71 Å². The van der Waals surface area contributed by atoms with E-state index in [1.54, 1.807) is 0 Å². The third-order valence-corrected chi connectivity index (χ3v) is 5.19. The number of aliphatic carboxylic acids is 1. The van der Waals surface area contributed by atoms with Crippen molar-refractivity contribution in [3.63, 3.8) is 0 Å². The first-order chi connectivity index (χ1) is 9.88. The second-order valence-corrected chi connectivity index (χ2v) is 6.94. The number of carbonyl (C=O) groups is 1. The average molecular weight is 310 g/mol. The number of rotatable bonds is 6. The molecule has 1 unspecified atom stereocenters. The van der Waals surface area contributed by atoms with Crippen LogP contribution in [0.4, 0.5) is 0 Å². The molecule has 1 atom stereocenters. The summed E-state index contributed by atoms with van der Waals surface area (Å²) in [4.78, 5) is 14.4. The fourth-order valence-corrected chi connectivity index (χ4v) is 3.50. The van der Waals surface area contributed by atoms with Crippen LogP contribution in [0.25, 0.3) is 6.08 Å². The number of sulfonamides is 1. The Hall–Kier alpha value is -1.73. The maximum absolute atomic E-state index is 12.3. The minimum Gasteiger partial charge on any atom is -0.478 e. The highest BCUT2D eigenvalue weighted by atomic mass is 32.2. The Morgan fingerprint density at radius 1 is 1.48 bits per heavy atom. The van der Waals surface area contributed by atoms with Gasteiger partial charge in [0.25, 0.3) is 0 Å². The van der Waals surface area contributed by atoms with E-state index in [1.807, 2.05) is 6.92 Å². The van der Waals surface area contributed by atoms with E-state index in [2.05, 4.69) is 9.71 Å². The molecule has 2 rings (SSSR count). The monoisotopic (exact) mass is 310 g/mol. The lowest BCUT2D eigenvalue weighted by Gasteiger charge is -2.31. The van der Waals surface area contributed by atoms with E-state index < -0.39 is 16.0 Å². The van der Waals surface area contributed by atoms with Crippen LogP contribution in [0.2, 0.25) is 0 Å². The lowest BCUT2D eigenvalue weighted by atomic mass is 9.81. The Bertz CT molecular complexity index is 651. The molecule has 0 aromatic carbocycles. The molecule has 1 saturated carbocycles. The first kappa shape index (κ1) is 15.7. The van der Waals surface area contributed by atoms with Crippen LogP contribution in [0.5, 0.6) is 0 Å². The summed E-state index contributed by atoms with van der Waals surface area (Å²) in [6, 6.07) is 1.30. The fraction of sp³-hybridized carbons (Fsp3) is 0.429. The summed E-state index contributed by atoms with van der Waals surface area (Å²) in [5.74, 6) is -0.706. The number of carboxylic acids is 1. The maximum Gasteiger partial charge on any atom is 0.328 e. The molecule has 1 aliphatic rings. The molecule has 1 heterocycles. The summed E-state index contributed by atoms with van der Waals surface area (Å²) in [5.41, 5.74) is 0.427. The topological polar surface area (TPSA) is 96.4 Å². The van der Waals surface area contributed by atoms with Crippen molar-refractivity contribution in [2.24, 2.45) is 5.92 Å². The summed E-state index contributed by atoms with van der Waals surface area (Å²) in [6.45, 7) is 1.86. The van der Waals surface area contributed by atoms with Gasteiger partial charge in [-0.3, -0.25) is 4.98 Å². The first-order valence-corrected chi connectivity index (χ1v) is 8.25. The third-order valence-electron chi connectivity index (χ3n) is 3.66. The summed E-state index contributed by atoms with van der Waals surface area (Å²) >= 11 is 0. The molecule has 1 aromatic heterocycles. The Morgan fingerprint density at radius 2 is 2.19 bits per heavy atom. The zero-order chi connectivity index (χ0) is 15.5. The quantitative estimate of drug-likeness (QED) is 0.779. The molecular formula is C14H18N2O4S. The second kappa shape index (κ2) is 6.36. The minimum atomic E-state index is -3.64. The van der Waals surface area contributed by atoms with Gasteiger partial charge in [0.1, 0.15) is 4.90 Å². The van der Waals surface area contributed by atoms with Crippen molar-refractivity contribution in [3.05, 3.63) is 30.1 Å². The molecule has 0 spiro atoms. The molecule has 1 fully saturated rings. The fourth-order valence-electron chi connectivity index (χ4n) is 2.19. The number of nitrogens with zero attached hydrogens (tertiary/aromatic N) is 1. The number of carboxylic acid groups (broad SMARTS) is 1. The lowest BCUT2D eigenvalue weighted by Crippen LogP contribution is -2.40. The molecular weight excluding hydrogens is 292 g/mol. The maximum atomic E-state index is 12.3. The Morgan fingerprint density at radius 3 is 2.76 bits per heavy atom. The molecule has 0 radical (unpaired) electrons. The van der Waals surface area contributed by atoms with Gasteiger partial charge in [-0.2, -0.15) is 0 Å². The van der Waals surface area contributed by atoms with Gasteiger partial charge >= 0.3 is 5.97 Å². The molecule has 0 amide bonds. The number of pyridine rings is 1. The average Bonchev–Trinajstić information content (AvgIpc) is 2.34. The van der Waals surface area contributed by atoms with E-state index >= 15 is 0 Å². The zero-order valence-electron chi connectivity index (χ0n) is 11.7. The van der Waals surface area contributed by atoms with Gasteiger partial charge in [0, 0.05) is 24.5 Å². The molecule has 2 N–H and O–H groups in total. The molecule has 7 heteroatoms. The third kappa shape index (κ3) is 4.12. The SMILES string of the molecule is CC(NS(=O)(=O)c1cncc(/C=C/C(=O)O)c1)C1CCC1. The van der Waals surface area contributed by atoms with Gasteiger partial charge in [0.2, 0.25) is 10.0 Å². The van der Waals surface area contributed by atoms with E-state index in [1.165, 1.54) is 24.5 Å². The smallest absolute Gasteiger partial charge is 0.328 e. The van der Waals surface area contributed by atoms with Crippen molar-refractivity contribution < 1.29 is 18.3 Å². The molecule has 0 saturated heterocycles. The highest BCUT2D eigenvalue weighted by molar-refractivity contribution is 7.89. The van der Waals surface area contributed by atoms with Crippen LogP contribution in [-0.2, 0) is 14.8 Å². The largest absolute Gasteiger partial charge is 0.478 e. The summed E-state index contributed by atoms with van der Waals surface area (Å²) in [7, 11) is -3.64. The van der Waals surface area contributed by atoms with Gasteiger partial charge in [-0.05, 0) is 43.4 Å². The summed E-state index contributed by atoms with van der Waals surface area (Å²) in [6.07, 6.45) is 8.16. The van der Waals surface area contributed by atoms with E-state index in [-0.39, 0.29) is 10.9 Å². The molecule has 1 aliphatic carbocycles. The molecule has 0 bridgehead atoms. The van der Waals surface area contributed by atoms with Crippen LogP contribution in [0.15, 0.2) is 29.4 Å². The number of hydrogen-bond donors (Lipinski definition) is 2. The van der Waals surface area contributed by atoms with Gasteiger partial charge < -0.3 is 5.11 Å². The normalized spacial score (nSPS) is 17.6. The van der Waals surface area contributed by atoms with Crippen molar-refractivity contribution in [3.8, 4) is 0 Å². The van der Waals surface area contributed by atoms with Crippen molar-refractivity contribution in [2.75, 3.05) is 0 Å². The van der Waals surface area contributed by atoms with Crippen LogP contribution in [0.1, 0.15) is 31.7 Å². The van der Waals surface area contributed by atoms with Crippen LogP contribution >= 0.6 is 0 Å². The molecule has 1 aromatic rings. The van der Waals surface area contributed by atoms with Gasteiger partial charge in [-0.15, -0.1) is 0 Å². The molecule has 21 heavy (non-hydrogen) atoms. The van der Waals surface area contributed by atoms with Crippen LogP contribution in [0, 0.1) is 5.92 Å². The van der Waals surface area contributed by atoms with E-state index in [9.17, 15) is 13.2 Å². The summed E-state index contributed by atoms with van der Waals surface area (Å²) < 4.78 is 27.2. The van der Waals surface area contributed by atoms with Gasteiger partial charge in [0.15, 0.2) is 0 Å². The highest BCUT2D eigenvalue weighted by Crippen LogP contribution is 2.30. The predicted molar refractivity (Wildman–Crippen MR) is 78.0 cm³/mol. The number of hydrogen-bond acceptors (Lipinski definition) is 4. The van der Waals surface area contributed by atoms with E-state index in [4.69, 9.17) is 5.11 Å². The Balaban J connectivity index is 2.15. The van der Waals surface area contributed by atoms with Crippen molar-refractivity contribution in [1.29, 1.82) is 0 Å². The lowest BCUT2D eigenvalue weighted by molar-refractivity contribution is -0.131. The van der Waals surface area contributed by atoms with E-state index in [0.29, 0.717) is 11.5 Å². The van der Waals surface area contributed by atoms with Crippen molar-refractivity contribution in [2.45, 2.75) is 37.1 Å². The molecule has 114 valence electrons. The van der Waals surface area contributed by atoms with Crippen LogP contribution < -0.4 is 4.72 Å². The number of nitrogens with one attached hydrogen (secondary N) is 1. The molecule has 6 nitrogen and oxygen atoms in total. The van der Waals surface area contributed by atoms with Gasteiger partial charge in [-0.1, -0.05) is 6.42 Å². The van der Waals surface area contributed by atoms with E-state index in [0.717, 1.165) is 25.3 Å². The first-order valence-electron chi connectivity index (χ1n) is 6.77. The second-order valence-electron chi connectivity index (χ2n) is 5.23.